The number of hydrogen-bond acceptors (Lipinski definition) is 4. The molecule has 138 valence electrons. The van der Waals surface area contributed by atoms with Gasteiger partial charge in [0.2, 0.25) is 0 Å². The molecule has 1 heterocycles. The molecule has 0 amide bonds. The maximum absolute atomic E-state index is 4.70. The number of aromatic nitrogens is 3. The monoisotopic (exact) mass is 354 g/mol. The van der Waals surface area contributed by atoms with Crippen molar-refractivity contribution in [3.63, 3.8) is 0 Å². The van der Waals surface area contributed by atoms with Crippen LogP contribution in [0.2, 0.25) is 0 Å². The van der Waals surface area contributed by atoms with Crippen molar-refractivity contribution in [2.75, 3.05) is 18.6 Å². The molecule has 6 nitrogen and oxygen atoms in total. The molecule has 2 N–H and O–H groups in total. The number of guanidine groups is 1. The molecular formula is C17H34N6S. The van der Waals surface area contributed by atoms with Gasteiger partial charge in [0.15, 0.2) is 11.8 Å². The minimum absolute atomic E-state index is 0.421. The normalized spacial score (nSPS) is 13.1. The van der Waals surface area contributed by atoms with Gasteiger partial charge in [-0.2, -0.15) is 11.8 Å². The summed E-state index contributed by atoms with van der Waals surface area (Å²) in [5.74, 6) is 3.84. The van der Waals surface area contributed by atoms with Gasteiger partial charge in [-0.1, -0.05) is 26.2 Å². The summed E-state index contributed by atoms with van der Waals surface area (Å²) >= 11 is 1.87. The van der Waals surface area contributed by atoms with E-state index in [2.05, 4.69) is 40.9 Å². The quantitative estimate of drug-likeness (QED) is 0.363. The maximum atomic E-state index is 4.70. The van der Waals surface area contributed by atoms with Crippen LogP contribution in [0.3, 0.4) is 0 Å². The van der Waals surface area contributed by atoms with Gasteiger partial charge in [0.05, 0.1) is 0 Å². The second-order valence-corrected chi connectivity index (χ2v) is 7.19. The summed E-state index contributed by atoms with van der Waals surface area (Å²) in [5, 5.41) is 15.2. The van der Waals surface area contributed by atoms with E-state index in [1.54, 1.807) is 0 Å². The Hall–Kier alpha value is -1.24. The molecular weight excluding hydrogens is 320 g/mol. The molecule has 0 aliphatic heterocycles. The number of unbranched alkanes of at least 4 members (excludes halogenated alkanes) is 2. The van der Waals surface area contributed by atoms with Gasteiger partial charge >= 0.3 is 0 Å². The van der Waals surface area contributed by atoms with Crippen molar-refractivity contribution in [3.8, 4) is 0 Å². The Morgan fingerprint density at radius 3 is 2.71 bits per heavy atom. The van der Waals surface area contributed by atoms with E-state index in [1.807, 2.05) is 30.3 Å². The lowest BCUT2D eigenvalue weighted by atomic mass is 10.1. The highest BCUT2D eigenvalue weighted by Crippen LogP contribution is 2.03. The summed E-state index contributed by atoms with van der Waals surface area (Å²) < 4.78 is 1.99. The number of aryl methyl sites for hydroxylation is 1. The number of aliphatic imine (C=N–C) groups is 1. The Balaban J connectivity index is 2.58. The molecule has 0 aromatic carbocycles. The van der Waals surface area contributed by atoms with Crippen LogP contribution in [0.1, 0.15) is 57.6 Å². The molecule has 0 saturated carbocycles. The van der Waals surface area contributed by atoms with Gasteiger partial charge in [0.25, 0.3) is 0 Å². The fourth-order valence-corrected chi connectivity index (χ4v) is 2.75. The van der Waals surface area contributed by atoms with Crippen LogP contribution in [0, 0.1) is 6.92 Å². The highest BCUT2D eigenvalue weighted by atomic mass is 32.2. The van der Waals surface area contributed by atoms with E-state index in [1.165, 1.54) is 25.7 Å². The number of nitrogens with zero attached hydrogens (tertiary/aromatic N) is 4. The van der Waals surface area contributed by atoms with Crippen LogP contribution < -0.4 is 10.6 Å². The topological polar surface area (TPSA) is 67.1 Å². The molecule has 1 aromatic heterocycles. The first-order chi connectivity index (χ1) is 11.6. The molecule has 1 atom stereocenters. The van der Waals surface area contributed by atoms with E-state index in [0.29, 0.717) is 12.6 Å². The smallest absolute Gasteiger partial charge is 0.191 e. The van der Waals surface area contributed by atoms with Crippen LogP contribution in [0.15, 0.2) is 4.99 Å². The van der Waals surface area contributed by atoms with Gasteiger partial charge in [0.1, 0.15) is 12.4 Å². The fraction of sp³-hybridized carbons (Fsp3) is 0.824. The van der Waals surface area contributed by atoms with Crippen molar-refractivity contribution in [2.24, 2.45) is 12.0 Å². The second-order valence-electron chi connectivity index (χ2n) is 6.20. The summed E-state index contributed by atoms with van der Waals surface area (Å²) in [7, 11) is 1.98. The molecule has 0 radical (unpaired) electrons. The molecule has 0 bridgehead atoms. The van der Waals surface area contributed by atoms with Gasteiger partial charge in [-0.05, 0) is 38.7 Å². The van der Waals surface area contributed by atoms with Crippen LogP contribution in [-0.2, 0) is 13.6 Å². The number of nitrogens with one attached hydrogen (secondary N) is 2. The van der Waals surface area contributed by atoms with Gasteiger partial charge in [-0.25, -0.2) is 4.99 Å². The first-order valence-electron chi connectivity index (χ1n) is 8.97. The van der Waals surface area contributed by atoms with Crippen molar-refractivity contribution in [2.45, 2.75) is 65.5 Å². The maximum Gasteiger partial charge on any atom is 0.191 e. The molecule has 7 heteroatoms. The Morgan fingerprint density at radius 2 is 2.08 bits per heavy atom. The fourth-order valence-electron chi connectivity index (χ4n) is 2.32. The van der Waals surface area contributed by atoms with Crippen molar-refractivity contribution in [1.82, 2.24) is 25.4 Å². The molecule has 0 saturated heterocycles. The van der Waals surface area contributed by atoms with Crippen LogP contribution in [0.4, 0.5) is 0 Å². The van der Waals surface area contributed by atoms with E-state index in [-0.39, 0.29) is 0 Å². The first kappa shape index (κ1) is 20.8. The number of hydrogen-bond donors (Lipinski definition) is 2. The zero-order valence-corrected chi connectivity index (χ0v) is 16.7. The molecule has 1 rings (SSSR count). The van der Waals surface area contributed by atoms with E-state index >= 15 is 0 Å². The Morgan fingerprint density at radius 1 is 1.29 bits per heavy atom. The lowest BCUT2D eigenvalue weighted by molar-refractivity contribution is 0.545. The molecule has 0 fully saturated rings. The lowest BCUT2D eigenvalue weighted by Gasteiger charge is -2.18. The van der Waals surface area contributed by atoms with Crippen molar-refractivity contribution >= 4 is 17.7 Å². The van der Waals surface area contributed by atoms with E-state index in [0.717, 1.165) is 36.3 Å². The molecule has 1 unspecified atom stereocenters. The summed E-state index contributed by atoms with van der Waals surface area (Å²) in [4.78, 5) is 4.70. The van der Waals surface area contributed by atoms with Crippen molar-refractivity contribution in [1.29, 1.82) is 0 Å². The van der Waals surface area contributed by atoms with E-state index < -0.39 is 0 Å². The van der Waals surface area contributed by atoms with Crippen LogP contribution in [0.5, 0.6) is 0 Å². The summed E-state index contributed by atoms with van der Waals surface area (Å²) in [5.41, 5.74) is 0. The molecule has 1 aromatic rings. The third kappa shape index (κ3) is 8.04. The predicted molar refractivity (Wildman–Crippen MR) is 105 cm³/mol. The highest BCUT2D eigenvalue weighted by Gasteiger charge is 2.08. The van der Waals surface area contributed by atoms with E-state index in [4.69, 9.17) is 4.99 Å². The first-order valence-corrected chi connectivity index (χ1v) is 10.4. The lowest BCUT2D eigenvalue weighted by Crippen LogP contribution is -2.42. The zero-order chi connectivity index (χ0) is 17.8. The van der Waals surface area contributed by atoms with Gasteiger partial charge in [0, 0.05) is 19.6 Å². The minimum atomic E-state index is 0.421. The Kier molecular flexibility index (Phi) is 10.5. The average molecular weight is 355 g/mol. The third-order valence-electron chi connectivity index (χ3n) is 4.00. The standard InChI is InChI=1S/C17H34N6S/c1-6-7-8-10-14(2)20-17(18-11-9-12-24-5)19-13-16-22-21-15(3)23(16)4/h14H,6-13H2,1-5H3,(H2,18,19,20). The Labute approximate surface area is 151 Å². The zero-order valence-electron chi connectivity index (χ0n) is 15.9. The minimum Gasteiger partial charge on any atom is -0.356 e. The average Bonchev–Trinajstić information content (AvgIpc) is 2.88. The van der Waals surface area contributed by atoms with E-state index in [9.17, 15) is 0 Å². The van der Waals surface area contributed by atoms with Gasteiger partial charge < -0.3 is 15.2 Å². The molecule has 24 heavy (non-hydrogen) atoms. The summed E-state index contributed by atoms with van der Waals surface area (Å²) in [6.07, 6.45) is 8.24. The van der Waals surface area contributed by atoms with Crippen molar-refractivity contribution < 1.29 is 0 Å². The highest BCUT2D eigenvalue weighted by molar-refractivity contribution is 7.98. The largest absolute Gasteiger partial charge is 0.356 e. The number of thioether (sulfide) groups is 1. The molecule has 0 aliphatic carbocycles. The number of rotatable bonds is 11. The third-order valence-corrected chi connectivity index (χ3v) is 4.70. The van der Waals surface area contributed by atoms with Gasteiger partial charge in [-0.3, -0.25) is 0 Å². The summed E-state index contributed by atoms with van der Waals surface area (Å²) in [6.45, 7) is 7.89. The second kappa shape index (κ2) is 12.2. The van der Waals surface area contributed by atoms with Crippen LogP contribution in [0.25, 0.3) is 0 Å². The van der Waals surface area contributed by atoms with Crippen LogP contribution >= 0.6 is 11.8 Å². The molecule has 0 spiro atoms. The van der Waals surface area contributed by atoms with Crippen molar-refractivity contribution in [3.05, 3.63) is 11.6 Å². The SMILES string of the molecule is CCCCCC(C)NC(=NCc1nnc(C)n1C)NCCCSC. The van der Waals surface area contributed by atoms with Gasteiger partial charge in [-0.15, -0.1) is 10.2 Å². The van der Waals surface area contributed by atoms with Crippen LogP contribution in [-0.4, -0.2) is 45.3 Å². The Bertz CT molecular complexity index is 485. The predicted octanol–water partition coefficient (Wildman–Crippen LogP) is 2.88. The summed E-state index contributed by atoms with van der Waals surface area (Å²) in [6, 6.07) is 0.421. The molecule has 0 aliphatic rings.